The predicted molar refractivity (Wildman–Crippen MR) is 52.9 cm³/mol. The Morgan fingerprint density at radius 3 is 2.27 bits per heavy atom. The molecule has 6 nitrogen and oxygen atoms in total. The first-order valence-corrected chi connectivity index (χ1v) is 4.51. The first kappa shape index (κ1) is 13.4. The van der Waals surface area contributed by atoms with Gasteiger partial charge in [-0.25, -0.2) is 4.79 Å². The summed E-state index contributed by atoms with van der Waals surface area (Å²) in [6.07, 6.45) is 0. The molecule has 0 saturated heterocycles. The molecule has 0 fully saturated rings. The number of likely N-dealkylation sites (N-methyl/N-ethyl adjacent to an activating group) is 1. The number of esters is 1. The maximum absolute atomic E-state index is 11.2. The summed E-state index contributed by atoms with van der Waals surface area (Å²) in [5, 5.41) is 2.60. The number of nitrogens with one attached hydrogen (secondary N) is 1. The van der Waals surface area contributed by atoms with Crippen LogP contribution in [-0.2, 0) is 19.1 Å². The Morgan fingerprint density at radius 1 is 1.33 bits per heavy atom. The Labute approximate surface area is 88.6 Å². The molecule has 0 rings (SSSR count). The Morgan fingerprint density at radius 2 is 1.87 bits per heavy atom. The zero-order chi connectivity index (χ0) is 12.0. The number of nitrogens with zero attached hydrogens (tertiary/aromatic N) is 1. The van der Waals surface area contributed by atoms with E-state index in [1.54, 1.807) is 13.8 Å². The number of rotatable bonds is 3. The number of methoxy groups -OCH3 is 1. The Balaban J connectivity index is 4.13. The molecule has 2 amide bonds. The minimum absolute atomic E-state index is 0.000807. The SMILES string of the molecule is COC(=O)C(=O)N(C)CC(=O)NC(C)C. The van der Waals surface area contributed by atoms with Gasteiger partial charge in [0.1, 0.15) is 0 Å². The van der Waals surface area contributed by atoms with E-state index in [9.17, 15) is 14.4 Å². The van der Waals surface area contributed by atoms with Gasteiger partial charge < -0.3 is 15.0 Å². The number of hydrogen-bond acceptors (Lipinski definition) is 4. The van der Waals surface area contributed by atoms with Gasteiger partial charge in [0.2, 0.25) is 5.91 Å². The smallest absolute Gasteiger partial charge is 0.396 e. The van der Waals surface area contributed by atoms with E-state index in [-0.39, 0.29) is 18.5 Å². The van der Waals surface area contributed by atoms with Crippen LogP contribution in [0.25, 0.3) is 0 Å². The molecule has 0 aromatic heterocycles. The van der Waals surface area contributed by atoms with Gasteiger partial charge in [-0.1, -0.05) is 0 Å². The van der Waals surface area contributed by atoms with Crippen LogP contribution in [0.3, 0.4) is 0 Å². The third kappa shape index (κ3) is 4.99. The van der Waals surface area contributed by atoms with Gasteiger partial charge in [-0.15, -0.1) is 0 Å². The maximum atomic E-state index is 11.2. The summed E-state index contributed by atoms with van der Waals surface area (Å²) in [5.41, 5.74) is 0. The molecule has 0 unspecified atom stereocenters. The molecule has 0 aromatic rings. The van der Waals surface area contributed by atoms with Gasteiger partial charge in [0.05, 0.1) is 13.7 Å². The van der Waals surface area contributed by atoms with Crippen LogP contribution in [0, 0.1) is 0 Å². The van der Waals surface area contributed by atoms with Gasteiger partial charge in [-0.3, -0.25) is 9.59 Å². The molecule has 0 atom stereocenters. The van der Waals surface area contributed by atoms with Gasteiger partial charge in [0, 0.05) is 13.1 Å². The highest BCUT2D eigenvalue weighted by atomic mass is 16.5. The van der Waals surface area contributed by atoms with Gasteiger partial charge >= 0.3 is 11.9 Å². The van der Waals surface area contributed by atoms with Crippen LogP contribution in [0.1, 0.15) is 13.8 Å². The highest BCUT2D eigenvalue weighted by molar-refractivity contribution is 6.32. The van der Waals surface area contributed by atoms with Crippen LogP contribution in [-0.4, -0.2) is 49.4 Å². The van der Waals surface area contributed by atoms with Crippen molar-refractivity contribution < 1.29 is 19.1 Å². The lowest BCUT2D eigenvalue weighted by Crippen LogP contribution is -2.43. The van der Waals surface area contributed by atoms with Crippen molar-refractivity contribution in [1.29, 1.82) is 0 Å². The summed E-state index contributed by atoms with van der Waals surface area (Å²) in [7, 11) is 2.47. The molecule has 0 aliphatic carbocycles. The second-order valence-electron chi connectivity index (χ2n) is 3.38. The number of hydrogen-bond donors (Lipinski definition) is 1. The number of amides is 2. The summed E-state index contributed by atoms with van der Waals surface area (Å²) in [4.78, 5) is 34.2. The fraction of sp³-hybridized carbons (Fsp3) is 0.667. The predicted octanol–water partition coefficient (Wildman–Crippen LogP) is -0.858. The summed E-state index contributed by atoms with van der Waals surface area (Å²) < 4.78 is 4.23. The maximum Gasteiger partial charge on any atom is 0.396 e. The molecule has 0 aromatic carbocycles. The minimum Gasteiger partial charge on any atom is -0.462 e. The highest BCUT2D eigenvalue weighted by Crippen LogP contribution is 1.88. The Kier molecular flexibility index (Phi) is 5.36. The molecule has 0 aliphatic rings. The summed E-state index contributed by atoms with van der Waals surface area (Å²) >= 11 is 0. The second-order valence-corrected chi connectivity index (χ2v) is 3.38. The number of carbonyl (C=O) groups is 3. The fourth-order valence-corrected chi connectivity index (χ4v) is 0.898. The van der Waals surface area contributed by atoms with Gasteiger partial charge in [0.15, 0.2) is 0 Å². The van der Waals surface area contributed by atoms with Crippen molar-refractivity contribution in [3.05, 3.63) is 0 Å². The molecule has 1 N–H and O–H groups in total. The summed E-state index contributed by atoms with van der Waals surface area (Å²) in [5.74, 6) is -2.13. The third-order valence-corrected chi connectivity index (χ3v) is 1.54. The quantitative estimate of drug-likeness (QED) is 0.492. The van der Waals surface area contributed by atoms with Crippen molar-refractivity contribution in [2.24, 2.45) is 0 Å². The average molecular weight is 216 g/mol. The van der Waals surface area contributed by atoms with Gasteiger partial charge in [-0.05, 0) is 13.8 Å². The van der Waals surface area contributed by atoms with Gasteiger partial charge in [-0.2, -0.15) is 0 Å². The molecule has 6 heteroatoms. The molecular weight excluding hydrogens is 200 g/mol. The molecule has 0 spiro atoms. The molecule has 15 heavy (non-hydrogen) atoms. The molecule has 0 aliphatic heterocycles. The minimum atomic E-state index is -0.977. The van der Waals surface area contributed by atoms with Crippen LogP contribution in [0.2, 0.25) is 0 Å². The average Bonchev–Trinajstić information content (AvgIpc) is 2.13. The van der Waals surface area contributed by atoms with Crippen molar-refractivity contribution in [2.75, 3.05) is 20.7 Å². The third-order valence-electron chi connectivity index (χ3n) is 1.54. The lowest BCUT2D eigenvalue weighted by atomic mass is 10.4. The molecular formula is C9H16N2O4. The normalized spacial score (nSPS) is 9.67. The van der Waals surface area contributed by atoms with Crippen LogP contribution in [0.5, 0.6) is 0 Å². The zero-order valence-corrected chi connectivity index (χ0v) is 9.36. The van der Waals surface area contributed by atoms with Crippen molar-refractivity contribution in [3.63, 3.8) is 0 Å². The molecule has 0 radical (unpaired) electrons. The first-order valence-electron chi connectivity index (χ1n) is 4.51. The molecule has 0 bridgehead atoms. The van der Waals surface area contributed by atoms with Crippen LogP contribution < -0.4 is 5.32 Å². The number of ether oxygens (including phenoxy) is 1. The lowest BCUT2D eigenvalue weighted by molar-refractivity contribution is -0.157. The first-order chi connectivity index (χ1) is 6.88. The van der Waals surface area contributed by atoms with Gasteiger partial charge in [0.25, 0.3) is 0 Å². The van der Waals surface area contributed by atoms with Crippen molar-refractivity contribution in [1.82, 2.24) is 10.2 Å². The molecule has 86 valence electrons. The van der Waals surface area contributed by atoms with Crippen LogP contribution in [0.4, 0.5) is 0 Å². The lowest BCUT2D eigenvalue weighted by Gasteiger charge is -2.16. The Hall–Kier alpha value is -1.59. The van der Waals surface area contributed by atoms with Crippen molar-refractivity contribution in [2.45, 2.75) is 19.9 Å². The van der Waals surface area contributed by atoms with E-state index >= 15 is 0 Å². The van der Waals surface area contributed by atoms with E-state index in [1.165, 1.54) is 7.05 Å². The van der Waals surface area contributed by atoms with E-state index in [4.69, 9.17) is 0 Å². The van der Waals surface area contributed by atoms with E-state index in [0.717, 1.165) is 12.0 Å². The monoisotopic (exact) mass is 216 g/mol. The van der Waals surface area contributed by atoms with Crippen molar-refractivity contribution in [3.8, 4) is 0 Å². The van der Waals surface area contributed by atoms with E-state index in [0.29, 0.717) is 0 Å². The standard InChI is InChI=1S/C9H16N2O4/c1-6(2)10-7(12)5-11(3)8(13)9(14)15-4/h6H,5H2,1-4H3,(H,10,12). The van der Waals surface area contributed by atoms with E-state index in [1.807, 2.05) is 0 Å². The van der Waals surface area contributed by atoms with E-state index in [2.05, 4.69) is 10.1 Å². The summed E-state index contributed by atoms with van der Waals surface area (Å²) in [6.45, 7) is 3.45. The van der Waals surface area contributed by atoms with Crippen LogP contribution in [0.15, 0.2) is 0 Å². The fourth-order valence-electron chi connectivity index (χ4n) is 0.898. The zero-order valence-electron chi connectivity index (χ0n) is 9.36. The van der Waals surface area contributed by atoms with E-state index < -0.39 is 11.9 Å². The topological polar surface area (TPSA) is 75.7 Å². The van der Waals surface area contributed by atoms with Crippen molar-refractivity contribution >= 4 is 17.8 Å². The largest absolute Gasteiger partial charge is 0.462 e. The number of carbonyl (C=O) groups excluding carboxylic acids is 3. The Bertz CT molecular complexity index is 263. The molecule has 0 heterocycles. The highest BCUT2D eigenvalue weighted by Gasteiger charge is 2.21. The second kappa shape index (κ2) is 6.00. The van der Waals surface area contributed by atoms with Crippen LogP contribution >= 0.6 is 0 Å². The summed E-state index contributed by atoms with van der Waals surface area (Å²) in [6, 6.07) is -0.000807. The molecule has 0 saturated carbocycles.